The van der Waals surface area contributed by atoms with E-state index in [1.807, 2.05) is 0 Å². The number of hydrogen-bond acceptors (Lipinski definition) is 8. The maximum absolute atomic E-state index is 15.0. The Morgan fingerprint density at radius 1 is 1.30 bits per heavy atom. The number of fused-ring (bicyclic) bond motifs is 5. The van der Waals surface area contributed by atoms with E-state index in [2.05, 4.69) is 5.32 Å². The van der Waals surface area contributed by atoms with Crippen molar-refractivity contribution < 1.29 is 28.9 Å². The van der Waals surface area contributed by atoms with Crippen molar-refractivity contribution in [2.75, 3.05) is 26.7 Å². The molecule has 0 saturated carbocycles. The summed E-state index contributed by atoms with van der Waals surface area (Å²) in [6.45, 7) is 3.71. The van der Waals surface area contributed by atoms with Gasteiger partial charge in [0.15, 0.2) is 5.60 Å². The molecule has 10 nitrogen and oxygen atoms in total. The van der Waals surface area contributed by atoms with Crippen molar-refractivity contribution in [2.24, 2.45) is 0 Å². The van der Waals surface area contributed by atoms with Crippen LogP contribution in [0.15, 0.2) is 16.9 Å². The fourth-order valence-corrected chi connectivity index (χ4v) is 6.43. The van der Waals surface area contributed by atoms with E-state index in [1.54, 1.807) is 36.4 Å². The van der Waals surface area contributed by atoms with Gasteiger partial charge in [-0.25, -0.2) is 14.2 Å². The fourth-order valence-electron chi connectivity index (χ4n) is 6.43. The van der Waals surface area contributed by atoms with Gasteiger partial charge in [0.2, 0.25) is 5.91 Å². The summed E-state index contributed by atoms with van der Waals surface area (Å²) in [5, 5.41) is 24.3. The summed E-state index contributed by atoms with van der Waals surface area (Å²) in [4.78, 5) is 45.7. The molecule has 1 aliphatic carbocycles. The molecular weight excluding hydrogens is 519 g/mol. The Kier molecular flexibility index (Phi) is 6.28. The van der Waals surface area contributed by atoms with E-state index in [4.69, 9.17) is 9.72 Å². The summed E-state index contributed by atoms with van der Waals surface area (Å²) in [6, 6.07) is 2.61. The molecule has 3 N–H and O–H groups in total. The normalized spacial score (nSPS) is 20.8. The third-order valence-corrected chi connectivity index (χ3v) is 8.61. The maximum Gasteiger partial charge on any atom is 0.343 e. The van der Waals surface area contributed by atoms with Gasteiger partial charge in [0.25, 0.3) is 5.56 Å². The number of nitrogens with one attached hydrogen (secondary N) is 1. The van der Waals surface area contributed by atoms with Gasteiger partial charge in [-0.1, -0.05) is 6.92 Å². The minimum atomic E-state index is -1.95. The van der Waals surface area contributed by atoms with Crippen molar-refractivity contribution in [2.45, 2.75) is 57.9 Å². The number of rotatable bonds is 6. The molecule has 0 radical (unpaired) electrons. The van der Waals surface area contributed by atoms with Crippen LogP contribution in [0, 0.1) is 12.7 Å². The maximum atomic E-state index is 15.0. The highest BCUT2D eigenvalue weighted by Gasteiger charge is 2.46. The van der Waals surface area contributed by atoms with E-state index in [9.17, 15) is 24.6 Å². The number of aliphatic hydroxyl groups excluding tert-OH is 1. The van der Waals surface area contributed by atoms with Crippen LogP contribution < -0.4 is 10.9 Å². The van der Waals surface area contributed by atoms with Crippen molar-refractivity contribution in [3.8, 4) is 11.4 Å². The number of benzene rings is 1. The highest BCUT2D eigenvalue weighted by atomic mass is 19.1. The van der Waals surface area contributed by atoms with Gasteiger partial charge in [-0.15, -0.1) is 0 Å². The second kappa shape index (κ2) is 9.46. The molecular formula is C29H31FN4O6. The number of carbonyl (C=O) groups excluding carboxylic acids is 2. The van der Waals surface area contributed by atoms with Crippen LogP contribution in [0.25, 0.3) is 22.3 Å². The highest BCUT2D eigenvalue weighted by molar-refractivity contribution is 5.94. The zero-order valence-corrected chi connectivity index (χ0v) is 22.6. The van der Waals surface area contributed by atoms with Crippen molar-refractivity contribution in [1.29, 1.82) is 0 Å². The Bertz CT molecular complexity index is 1670. The summed E-state index contributed by atoms with van der Waals surface area (Å²) >= 11 is 0. The number of likely N-dealkylation sites (N-methyl/N-ethyl adjacent to an activating group) is 1. The molecule has 0 saturated heterocycles. The number of esters is 1. The van der Waals surface area contributed by atoms with Gasteiger partial charge in [-0.2, -0.15) is 0 Å². The van der Waals surface area contributed by atoms with E-state index in [-0.39, 0.29) is 61.1 Å². The number of halogens is 1. The predicted molar refractivity (Wildman–Crippen MR) is 143 cm³/mol. The SMILES string of the molecule is CC[C@@]1(O)C(=O)OCc2c1cc1n(c2=O)Cc2c-1nc1cc(F)c(C)c3c1c2[C@@H](NC(=O)CN(C)CCO)CC3. The number of aromatic nitrogens is 2. The molecule has 1 aromatic carbocycles. The summed E-state index contributed by atoms with van der Waals surface area (Å²) in [7, 11) is 1.75. The lowest BCUT2D eigenvalue weighted by Gasteiger charge is -2.31. The van der Waals surface area contributed by atoms with Crippen LogP contribution in [0.3, 0.4) is 0 Å². The van der Waals surface area contributed by atoms with Gasteiger partial charge in [-0.3, -0.25) is 14.5 Å². The quantitative estimate of drug-likeness (QED) is 0.308. The first-order chi connectivity index (χ1) is 19.1. The van der Waals surface area contributed by atoms with Crippen LogP contribution >= 0.6 is 0 Å². The molecule has 3 aromatic rings. The van der Waals surface area contributed by atoms with Gasteiger partial charge >= 0.3 is 5.97 Å². The minimum Gasteiger partial charge on any atom is -0.458 e. The molecule has 4 heterocycles. The topological polar surface area (TPSA) is 134 Å². The number of aliphatic hydroxyl groups is 2. The third kappa shape index (κ3) is 3.79. The molecule has 2 aliphatic heterocycles. The summed E-state index contributed by atoms with van der Waals surface area (Å²) in [6.07, 6.45) is 1.12. The van der Waals surface area contributed by atoms with Crippen molar-refractivity contribution in [3.63, 3.8) is 0 Å². The number of pyridine rings is 2. The molecule has 0 unspecified atom stereocenters. The standard InChI is InChI=1S/C29H31FN4O6/c1-4-29(39)18-9-22-26-16(11-34(22)27(37)17(18)13-40-28(29)38)25-20(31-23(36)12-33(3)7-8-35)6-5-15-14(2)19(30)10-21(32-26)24(15)25/h9-10,20,35,39H,4-8,11-13H2,1-3H3,(H,31,36)/t20-,29-/m0/s1. The number of aryl methyl sites for hydroxylation is 1. The average molecular weight is 551 g/mol. The number of ether oxygens (including phenoxy) is 1. The van der Waals surface area contributed by atoms with E-state index in [0.29, 0.717) is 41.9 Å². The zero-order valence-electron chi connectivity index (χ0n) is 22.6. The Balaban J connectivity index is 1.55. The first kappa shape index (κ1) is 26.5. The van der Waals surface area contributed by atoms with Gasteiger partial charge in [0, 0.05) is 29.1 Å². The second-order valence-corrected chi connectivity index (χ2v) is 10.9. The summed E-state index contributed by atoms with van der Waals surface area (Å²) < 4.78 is 21.7. The number of carbonyl (C=O) groups is 2. The lowest BCUT2D eigenvalue weighted by atomic mass is 9.81. The Labute approximate surface area is 229 Å². The molecule has 11 heteroatoms. The van der Waals surface area contributed by atoms with Crippen molar-refractivity contribution in [1.82, 2.24) is 19.8 Å². The summed E-state index contributed by atoms with van der Waals surface area (Å²) in [5.74, 6) is -1.39. The lowest BCUT2D eigenvalue weighted by molar-refractivity contribution is -0.172. The van der Waals surface area contributed by atoms with E-state index in [1.165, 1.54) is 6.07 Å². The molecule has 0 spiro atoms. The van der Waals surface area contributed by atoms with Crippen LogP contribution in [0.5, 0.6) is 0 Å². The lowest BCUT2D eigenvalue weighted by Crippen LogP contribution is -2.44. The number of amides is 1. The molecule has 1 amide bonds. The van der Waals surface area contributed by atoms with Gasteiger partial charge in [0.05, 0.1) is 48.2 Å². The van der Waals surface area contributed by atoms with Crippen LogP contribution in [-0.2, 0) is 39.5 Å². The first-order valence-electron chi connectivity index (χ1n) is 13.5. The molecule has 40 heavy (non-hydrogen) atoms. The molecule has 210 valence electrons. The smallest absolute Gasteiger partial charge is 0.343 e. The molecule has 3 aliphatic rings. The van der Waals surface area contributed by atoms with Gasteiger partial charge in [-0.05, 0) is 56.0 Å². The van der Waals surface area contributed by atoms with E-state index >= 15 is 4.39 Å². The number of cyclic esters (lactones) is 1. The second-order valence-electron chi connectivity index (χ2n) is 10.9. The van der Waals surface area contributed by atoms with Crippen LogP contribution in [0.1, 0.15) is 59.2 Å². The third-order valence-electron chi connectivity index (χ3n) is 8.61. The Morgan fingerprint density at radius 2 is 2.08 bits per heavy atom. The largest absolute Gasteiger partial charge is 0.458 e. The van der Waals surface area contributed by atoms with Gasteiger partial charge in [0.1, 0.15) is 12.4 Å². The van der Waals surface area contributed by atoms with E-state index in [0.717, 1.165) is 22.1 Å². The molecule has 2 atom stereocenters. The Hall–Kier alpha value is -3.67. The Morgan fingerprint density at radius 3 is 2.80 bits per heavy atom. The van der Waals surface area contributed by atoms with Crippen LogP contribution in [0.2, 0.25) is 0 Å². The fraction of sp³-hybridized carbons (Fsp3) is 0.448. The van der Waals surface area contributed by atoms with E-state index < -0.39 is 17.6 Å². The summed E-state index contributed by atoms with van der Waals surface area (Å²) in [5.41, 5.74) is 2.34. The average Bonchev–Trinajstić information content (AvgIpc) is 3.29. The van der Waals surface area contributed by atoms with Crippen molar-refractivity contribution in [3.05, 3.63) is 61.7 Å². The molecule has 2 aromatic heterocycles. The first-order valence-corrected chi connectivity index (χ1v) is 13.5. The van der Waals surface area contributed by atoms with Gasteiger partial charge < -0.3 is 24.8 Å². The monoisotopic (exact) mass is 550 g/mol. The minimum absolute atomic E-state index is 0.0255. The van der Waals surface area contributed by atoms with Crippen molar-refractivity contribution >= 4 is 22.8 Å². The number of hydrogen-bond donors (Lipinski definition) is 3. The number of nitrogens with zero attached hydrogens (tertiary/aromatic N) is 3. The highest BCUT2D eigenvalue weighted by Crippen LogP contribution is 2.45. The predicted octanol–water partition coefficient (Wildman–Crippen LogP) is 1.55. The van der Waals surface area contributed by atoms with Crippen LogP contribution in [-0.4, -0.2) is 63.3 Å². The molecule has 0 bridgehead atoms. The molecule has 0 fully saturated rings. The zero-order chi connectivity index (χ0) is 28.5. The van der Waals surface area contributed by atoms with Crippen LogP contribution in [0.4, 0.5) is 4.39 Å². The molecule has 6 rings (SSSR count).